The van der Waals surface area contributed by atoms with Crippen molar-refractivity contribution in [1.82, 2.24) is 20.4 Å². The van der Waals surface area contributed by atoms with Crippen LogP contribution in [0.5, 0.6) is 11.5 Å². The van der Waals surface area contributed by atoms with Crippen LogP contribution < -0.4 is 20.1 Å². The van der Waals surface area contributed by atoms with Crippen LogP contribution in [0.1, 0.15) is 23.1 Å². The largest absolute Gasteiger partial charge is 0.497 e. The molecular formula is C25H37N5O2. The summed E-state index contributed by atoms with van der Waals surface area (Å²) in [6, 6.07) is 15.0. The Morgan fingerprint density at radius 1 is 1.09 bits per heavy atom. The highest BCUT2D eigenvalue weighted by Gasteiger charge is 2.23. The van der Waals surface area contributed by atoms with Gasteiger partial charge < -0.3 is 25.0 Å². The number of hydrogen-bond donors (Lipinski definition) is 2. The lowest BCUT2D eigenvalue weighted by Gasteiger charge is -2.20. The van der Waals surface area contributed by atoms with Gasteiger partial charge in [0, 0.05) is 51.9 Å². The third-order valence-electron chi connectivity index (χ3n) is 5.71. The summed E-state index contributed by atoms with van der Waals surface area (Å²) in [5, 5.41) is 7.08. The van der Waals surface area contributed by atoms with Crippen LogP contribution >= 0.6 is 0 Å². The molecule has 3 rings (SSSR count). The predicted octanol–water partition coefficient (Wildman–Crippen LogP) is 2.70. The van der Waals surface area contributed by atoms with Gasteiger partial charge in [0.15, 0.2) is 5.96 Å². The molecule has 0 radical (unpaired) electrons. The fourth-order valence-electron chi connectivity index (χ4n) is 4.10. The van der Waals surface area contributed by atoms with E-state index in [1.165, 1.54) is 16.7 Å². The molecule has 1 unspecified atom stereocenters. The molecule has 0 spiro atoms. The van der Waals surface area contributed by atoms with Crippen LogP contribution in [0.2, 0.25) is 0 Å². The van der Waals surface area contributed by atoms with Gasteiger partial charge in [-0.3, -0.25) is 9.89 Å². The predicted molar refractivity (Wildman–Crippen MR) is 130 cm³/mol. The third kappa shape index (κ3) is 6.87. The van der Waals surface area contributed by atoms with Gasteiger partial charge >= 0.3 is 0 Å². The number of hydrogen-bond acceptors (Lipinski definition) is 5. The molecule has 7 nitrogen and oxygen atoms in total. The van der Waals surface area contributed by atoms with E-state index < -0.39 is 0 Å². The summed E-state index contributed by atoms with van der Waals surface area (Å²) in [5.41, 5.74) is 3.83. The summed E-state index contributed by atoms with van der Waals surface area (Å²) in [7, 11) is 9.39. The highest BCUT2D eigenvalue weighted by atomic mass is 16.5. The Bertz CT molecular complexity index is 877. The Hall–Kier alpha value is -2.77. The lowest BCUT2D eigenvalue weighted by Crippen LogP contribution is -2.44. The molecule has 1 atom stereocenters. The molecule has 0 saturated carbocycles. The maximum absolute atomic E-state index is 5.41. The Labute approximate surface area is 192 Å². The molecule has 32 heavy (non-hydrogen) atoms. The average Bonchev–Trinajstić information content (AvgIpc) is 3.23. The van der Waals surface area contributed by atoms with Gasteiger partial charge in [-0.05, 0) is 49.3 Å². The molecule has 1 aliphatic heterocycles. The molecule has 1 saturated heterocycles. The first-order valence-electron chi connectivity index (χ1n) is 11.1. The summed E-state index contributed by atoms with van der Waals surface area (Å²) < 4.78 is 10.8. The second kappa shape index (κ2) is 11.7. The zero-order valence-electron chi connectivity index (χ0n) is 20.0. The van der Waals surface area contributed by atoms with Crippen LogP contribution in [0.3, 0.4) is 0 Å². The number of aliphatic imine (C=N–C) groups is 1. The quantitative estimate of drug-likeness (QED) is 0.463. The first-order chi connectivity index (χ1) is 15.5. The Kier molecular flexibility index (Phi) is 8.76. The van der Waals surface area contributed by atoms with Gasteiger partial charge in [0.25, 0.3) is 0 Å². The molecule has 0 amide bonds. The highest BCUT2D eigenvalue weighted by molar-refractivity contribution is 5.80. The number of methoxy groups -OCH3 is 2. The molecule has 2 N–H and O–H groups in total. The van der Waals surface area contributed by atoms with Crippen molar-refractivity contribution in [3.05, 3.63) is 59.2 Å². The van der Waals surface area contributed by atoms with Crippen LogP contribution in [-0.4, -0.2) is 70.3 Å². The average molecular weight is 440 g/mol. The monoisotopic (exact) mass is 439 g/mol. The van der Waals surface area contributed by atoms with Crippen LogP contribution in [0.15, 0.2) is 47.5 Å². The van der Waals surface area contributed by atoms with Crippen molar-refractivity contribution < 1.29 is 9.47 Å². The van der Waals surface area contributed by atoms with Crippen molar-refractivity contribution in [1.29, 1.82) is 0 Å². The summed E-state index contributed by atoms with van der Waals surface area (Å²) >= 11 is 0. The standard InChI is InChI=1S/C25H37N5O2/c1-26-25(27-15-20-8-6-7-9-21(20)17-29(2)3)28-22-10-11-30(18-22)16-19-12-23(31-4)14-24(13-19)32-5/h6-9,12-14,22H,10-11,15-18H2,1-5H3,(H2,26,27,28). The molecular weight excluding hydrogens is 402 g/mol. The molecule has 2 aromatic carbocycles. The van der Waals surface area contributed by atoms with E-state index in [-0.39, 0.29) is 0 Å². The number of nitrogens with one attached hydrogen (secondary N) is 2. The van der Waals surface area contributed by atoms with Gasteiger partial charge in [-0.2, -0.15) is 0 Å². The lowest BCUT2D eigenvalue weighted by atomic mass is 10.1. The Morgan fingerprint density at radius 3 is 2.41 bits per heavy atom. The Morgan fingerprint density at radius 2 is 1.78 bits per heavy atom. The van der Waals surface area contributed by atoms with Crippen molar-refractivity contribution >= 4 is 5.96 Å². The third-order valence-corrected chi connectivity index (χ3v) is 5.71. The van der Waals surface area contributed by atoms with E-state index >= 15 is 0 Å². The van der Waals surface area contributed by atoms with Crippen molar-refractivity contribution in [3.63, 3.8) is 0 Å². The normalized spacial score (nSPS) is 16.9. The van der Waals surface area contributed by atoms with Gasteiger partial charge in [0.2, 0.25) is 0 Å². The highest BCUT2D eigenvalue weighted by Crippen LogP contribution is 2.24. The number of guanidine groups is 1. The van der Waals surface area contributed by atoms with E-state index in [1.54, 1.807) is 14.2 Å². The van der Waals surface area contributed by atoms with Crippen LogP contribution in [0.4, 0.5) is 0 Å². The van der Waals surface area contributed by atoms with E-state index in [2.05, 4.69) is 75.9 Å². The van der Waals surface area contributed by atoms with E-state index in [1.807, 2.05) is 13.1 Å². The molecule has 7 heteroatoms. The lowest BCUT2D eigenvalue weighted by molar-refractivity contribution is 0.321. The Balaban J connectivity index is 1.52. The van der Waals surface area contributed by atoms with Crippen molar-refractivity contribution in [2.24, 2.45) is 4.99 Å². The minimum Gasteiger partial charge on any atom is -0.497 e. The SMILES string of the molecule is CN=C(NCc1ccccc1CN(C)C)NC1CCN(Cc2cc(OC)cc(OC)c2)C1. The number of rotatable bonds is 9. The zero-order chi connectivity index (χ0) is 22.9. The van der Waals surface area contributed by atoms with E-state index in [0.717, 1.165) is 56.6 Å². The first-order valence-corrected chi connectivity index (χ1v) is 11.1. The number of benzene rings is 2. The molecule has 1 aliphatic rings. The first kappa shape index (κ1) is 23.9. The van der Waals surface area contributed by atoms with E-state index in [0.29, 0.717) is 6.04 Å². The molecule has 1 fully saturated rings. The van der Waals surface area contributed by atoms with Crippen molar-refractivity contribution in [2.45, 2.75) is 32.1 Å². The second-order valence-electron chi connectivity index (χ2n) is 8.52. The number of nitrogens with zero attached hydrogens (tertiary/aromatic N) is 3. The van der Waals surface area contributed by atoms with Gasteiger partial charge in [-0.25, -0.2) is 0 Å². The van der Waals surface area contributed by atoms with Gasteiger partial charge in [0.1, 0.15) is 11.5 Å². The van der Waals surface area contributed by atoms with Crippen LogP contribution in [-0.2, 0) is 19.6 Å². The molecule has 174 valence electrons. The summed E-state index contributed by atoms with van der Waals surface area (Å²) in [5.74, 6) is 2.50. The number of likely N-dealkylation sites (tertiary alicyclic amines) is 1. The molecule has 0 aromatic heterocycles. The topological polar surface area (TPSA) is 61.4 Å². The smallest absolute Gasteiger partial charge is 0.191 e. The minimum absolute atomic E-state index is 0.366. The van der Waals surface area contributed by atoms with Crippen molar-refractivity contribution in [3.8, 4) is 11.5 Å². The summed E-state index contributed by atoms with van der Waals surface area (Å²) in [6.07, 6.45) is 1.08. The van der Waals surface area contributed by atoms with Gasteiger partial charge in [-0.1, -0.05) is 24.3 Å². The maximum atomic E-state index is 5.41. The maximum Gasteiger partial charge on any atom is 0.191 e. The second-order valence-corrected chi connectivity index (χ2v) is 8.52. The molecule has 2 aromatic rings. The summed E-state index contributed by atoms with van der Waals surface area (Å²) in [6.45, 7) is 4.56. The van der Waals surface area contributed by atoms with Crippen LogP contribution in [0, 0.1) is 0 Å². The molecule has 0 bridgehead atoms. The van der Waals surface area contributed by atoms with Gasteiger partial charge in [0.05, 0.1) is 14.2 Å². The fourth-order valence-corrected chi connectivity index (χ4v) is 4.10. The molecule has 1 heterocycles. The van der Waals surface area contributed by atoms with Gasteiger partial charge in [-0.15, -0.1) is 0 Å². The zero-order valence-corrected chi connectivity index (χ0v) is 20.0. The minimum atomic E-state index is 0.366. The summed E-state index contributed by atoms with van der Waals surface area (Å²) in [4.78, 5) is 9.09. The van der Waals surface area contributed by atoms with E-state index in [4.69, 9.17) is 9.47 Å². The van der Waals surface area contributed by atoms with E-state index in [9.17, 15) is 0 Å². The van der Waals surface area contributed by atoms with Crippen molar-refractivity contribution in [2.75, 3.05) is 48.5 Å². The fraction of sp³-hybridized carbons (Fsp3) is 0.480. The number of ether oxygens (including phenoxy) is 2. The molecule has 0 aliphatic carbocycles. The van der Waals surface area contributed by atoms with Crippen LogP contribution in [0.25, 0.3) is 0 Å².